The van der Waals surface area contributed by atoms with Crippen molar-refractivity contribution in [3.8, 4) is 33.6 Å². The van der Waals surface area contributed by atoms with Gasteiger partial charge in [0.1, 0.15) is 0 Å². The fourth-order valence-electron chi connectivity index (χ4n) is 10.2. The summed E-state index contributed by atoms with van der Waals surface area (Å²) in [6.45, 7) is 0. The van der Waals surface area contributed by atoms with Gasteiger partial charge < -0.3 is 9.13 Å². The van der Waals surface area contributed by atoms with Crippen LogP contribution in [0.2, 0.25) is 0 Å². The maximum absolute atomic E-state index is 2.49. The van der Waals surface area contributed by atoms with Crippen molar-refractivity contribution in [1.29, 1.82) is 0 Å². The van der Waals surface area contributed by atoms with Crippen LogP contribution >= 0.6 is 0 Å². The van der Waals surface area contributed by atoms with Gasteiger partial charge in [-0.3, -0.25) is 0 Å². The van der Waals surface area contributed by atoms with Crippen LogP contribution in [0.5, 0.6) is 0 Å². The predicted molar refractivity (Wildman–Crippen MR) is 248 cm³/mol. The van der Waals surface area contributed by atoms with Gasteiger partial charge in [0, 0.05) is 38.8 Å². The molecule has 2 aromatic heterocycles. The molecule has 0 radical (unpaired) electrons. The van der Waals surface area contributed by atoms with E-state index in [1.165, 1.54) is 115 Å². The third kappa shape index (κ3) is 4.81. The Labute approximate surface area is 341 Å². The van der Waals surface area contributed by atoms with E-state index in [-0.39, 0.29) is 5.92 Å². The highest BCUT2D eigenvalue weighted by Crippen LogP contribution is 2.51. The van der Waals surface area contributed by atoms with Gasteiger partial charge in [-0.05, 0) is 127 Å². The molecule has 0 bridgehead atoms. The highest BCUT2D eigenvalue weighted by Gasteiger charge is 2.31. The summed E-state index contributed by atoms with van der Waals surface area (Å²) in [6, 6.07) is 78.9. The molecule has 0 fully saturated rings. The summed E-state index contributed by atoms with van der Waals surface area (Å²) in [5.41, 5.74) is 16.4. The van der Waals surface area contributed by atoms with Gasteiger partial charge in [0.05, 0.1) is 22.1 Å². The van der Waals surface area contributed by atoms with E-state index in [1.54, 1.807) is 0 Å². The van der Waals surface area contributed by atoms with Gasteiger partial charge in [0.15, 0.2) is 0 Å². The summed E-state index contributed by atoms with van der Waals surface area (Å²) in [5.74, 6) is 0.150. The van der Waals surface area contributed by atoms with Crippen LogP contribution in [0.15, 0.2) is 212 Å². The summed E-state index contributed by atoms with van der Waals surface area (Å²) in [4.78, 5) is 0. The average molecular weight is 749 g/mol. The summed E-state index contributed by atoms with van der Waals surface area (Å²) < 4.78 is 4.89. The zero-order valence-electron chi connectivity index (χ0n) is 32.2. The van der Waals surface area contributed by atoms with Crippen molar-refractivity contribution in [1.82, 2.24) is 9.13 Å². The molecular formula is C57H36N2. The summed E-state index contributed by atoms with van der Waals surface area (Å²) in [6.07, 6.45) is 0. The van der Waals surface area contributed by atoms with E-state index in [0.717, 1.165) is 0 Å². The first-order chi connectivity index (χ1) is 29.2. The second-order valence-corrected chi connectivity index (χ2v) is 16.1. The number of hydrogen-bond acceptors (Lipinski definition) is 0. The quantitative estimate of drug-likeness (QED) is 0.170. The molecule has 1 unspecified atom stereocenters. The molecule has 0 saturated heterocycles. The first kappa shape index (κ1) is 32.4. The molecule has 0 N–H and O–H groups in total. The Morgan fingerprint density at radius 3 is 1.64 bits per heavy atom. The highest BCUT2D eigenvalue weighted by atomic mass is 15.0. The molecule has 1 atom stereocenters. The fraction of sp³-hybridized carbons (Fsp3) is 0.0175. The monoisotopic (exact) mass is 748 g/mol. The maximum Gasteiger partial charge on any atom is 0.0544 e. The van der Waals surface area contributed by atoms with Gasteiger partial charge in [-0.25, -0.2) is 0 Å². The summed E-state index contributed by atoms with van der Waals surface area (Å²) in [7, 11) is 0. The highest BCUT2D eigenvalue weighted by molar-refractivity contribution is 6.14. The topological polar surface area (TPSA) is 9.86 Å². The Morgan fingerprint density at radius 2 is 0.864 bits per heavy atom. The lowest BCUT2D eigenvalue weighted by Crippen LogP contribution is -2.00. The Bertz CT molecular complexity index is 3680. The Morgan fingerprint density at radius 1 is 0.288 bits per heavy atom. The first-order valence-corrected chi connectivity index (χ1v) is 20.5. The zero-order valence-corrected chi connectivity index (χ0v) is 32.2. The summed E-state index contributed by atoms with van der Waals surface area (Å²) >= 11 is 0. The van der Waals surface area contributed by atoms with Gasteiger partial charge in [-0.2, -0.15) is 0 Å². The van der Waals surface area contributed by atoms with Crippen LogP contribution in [0, 0.1) is 0 Å². The van der Waals surface area contributed by atoms with Crippen LogP contribution in [0.25, 0.3) is 98.8 Å². The number of aromatic nitrogens is 2. The molecule has 274 valence electrons. The van der Waals surface area contributed by atoms with Crippen molar-refractivity contribution in [2.24, 2.45) is 0 Å². The molecule has 0 saturated carbocycles. The minimum atomic E-state index is 0.150. The standard InChI is InChI=1S/C57H36N2/c1-2-16-43(17-3-1)58-55-29-26-41(40-25-28-54-49(32-40)46-19-10-11-21-53(46)59(54)44-27-24-37-13-5-7-15-39(37)31-44)33-50(55)51-34-48-45-18-8-9-20-47(45)57(52(48)35-56(51)58)42-23-22-36-12-4-6-14-38(36)30-42/h1-35,57H. The fourth-order valence-corrected chi connectivity index (χ4v) is 10.2. The first-order valence-electron chi connectivity index (χ1n) is 20.5. The molecule has 12 aromatic rings. The summed E-state index contributed by atoms with van der Waals surface area (Å²) in [5, 5.41) is 10.1. The lowest BCUT2D eigenvalue weighted by atomic mass is 9.88. The number of benzene rings is 10. The van der Waals surface area contributed by atoms with Gasteiger partial charge in [0.25, 0.3) is 0 Å². The molecule has 1 aliphatic carbocycles. The molecule has 0 amide bonds. The molecule has 2 heteroatoms. The number of fused-ring (bicyclic) bond motifs is 11. The number of nitrogens with zero attached hydrogens (tertiary/aromatic N) is 2. The molecule has 0 aliphatic heterocycles. The Balaban J connectivity index is 1.02. The van der Waals surface area contributed by atoms with Crippen LogP contribution in [0.1, 0.15) is 22.6 Å². The van der Waals surface area contributed by atoms with Gasteiger partial charge in [0.2, 0.25) is 0 Å². The second kappa shape index (κ2) is 12.4. The third-order valence-electron chi connectivity index (χ3n) is 12.9. The second-order valence-electron chi connectivity index (χ2n) is 16.1. The lowest BCUT2D eigenvalue weighted by molar-refractivity contribution is 1.02. The van der Waals surface area contributed by atoms with Gasteiger partial charge in [-0.1, -0.05) is 146 Å². The molecular weight excluding hydrogens is 713 g/mol. The lowest BCUT2D eigenvalue weighted by Gasteiger charge is -2.16. The van der Waals surface area contributed by atoms with Crippen molar-refractivity contribution in [2.45, 2.75) is 5.92 Å². The van der Waals surface area contributed by atoms with E-state index in [0.29, 0.717) is 0 Å². The average Bonchev–Trinajstić information content (AvgIpc) is 3.93. The predicted octanol–water partition coefficient (Wildman–Crippen LogP) is 15.0. The molecule has 13 rings (SSSR count). The van der Waals surface area contributed by atoms with E-state index in [1.807, 2.05) is 0 Å². The molecule has 10 aromatic carbocycles. The van der Waals surface area contributed by atoms with E-state index >= 15 is 0 Å². The number of hydrogen-bond donors (Lipinski definition) is 0. The van der Waals surface area contributed by atoms with Crippen molar-refractivity contribution >= 4 is 65.2 Å². The van der Waals surface area contributed by atoms with Crippen molar-refractivity contribution in [3.63, 3.8) is 0 Å². The molecule has 0 spiro atoms. The SMILES string of the molecule is c1ccc(-n2c3ccc(-c4ccc5c(c4)c4ccccc4n5-c4ccc5ccccc5c4)cc3c3cc4c(cc32)C(c2ccc3ccccc3c2)c2ccccc2-4)cc1. The zero-order chi connectivity index (χ0) is 38.6. The van der Waals surface area contributed by atoms with E-state index < -0.39 is 0 Å². The van der Waals surface area contributed by atoms with Crippen LogP contribution in [0.4, 0.5) is 0 Å². The smallest absolute Gasteiger partial charge is 0.0544 e. The molecule has 2 heterocycles. The van der Waals surface area contributed by atoms with Crippen LogP contribution < -0.4 is 0 Å². The van der Waals surface area contributed by atoms with E-state index in [2.05, 4.69) is 221 Å². The maximum atomic E-state index is 2.49. The molecule has 2 nitrogen and oxygen atoms in total. The van der Waals surface area contributed by atoms with E-state index in [4.69, 9.17) is 0 Å². The van der Waals surface area contributed by atoms with Crippen molar-refractivity contribution in [2.75, 3.05) is 0 Å². The van der Waals surface area contributed by atoms with Crippen LogP contribution in [0.3, 0.4) is 0 Å². The molecule has 1 aliphatic rings. The third-order valence-corrected chi connectivity index (χ3v) is 12.9. The number of para-hydroxylation sites is 2. The minimum absolute atomic E-state index is 0.150. The van der Waals surface area contributed by atoms with Crippen molar-refractivity contribution < 1.29 is 0 Å². The van der Waals surface area contributed by atoms with Crippen LogP contribution in [-0.4, -0.2) is 9.13 Å². The Hall–Kier alpha value is -7.68. The Kier molecular flexibility index (Phi) is 6.82. The molecule has 59 heavy (non-hydrogen) atoms. The van der Waals surface area contributed by atoms with Crippen molar-refractivity contribution in [3.05, 3.63) is 229 Å². The van der Waals surface area contributed by atoms with Gasteiger partial charge >= 0.3 is 0 Å². The van der Waals surface area contributed by atoms with Crippen LogP contribution in [-0.2, 0) is 0 Å². The van der Waals surface area contributed by atoms with E-state index in [9.17, 15) is 0 Å². The number of rotatable bonds is 4. The normalized spacial score (nSPS) is 13.6. The van der Waals surface area contributed by atoms with Gasteiger partial charge in [-0.15, -0.1) is 0 Å². The minimum Gasteiger partial charge on any atom is -0.309 e. The largest absolute Gasteiger partial charge is 0.309 e.